The van der Waals surface area contributed by atoms with Gasteiger partial charge in [0.25, 0.3) is 5.91 Å². The molecule has 3 aromatic rings. The van der Waals surface area contributed by atoms with E-state index in [-0.39, 0.29) is 22.3 Å². The number of fused-ring (bicyclic) bond motifs is 1. The van der Waals surface area contributed by atoms with Gasteiger partial charge in [0, 0.05) is 5.69 Å². The van der Waals surface area contributed by atoms with Gasteiger partial charge in [-0.2, -0.15) is 13.2 Å². The highest BCUT2D eigenvalue weighted by Gasteiger charge is 2.34. The second kappa shape index (κ2) is 5.38. The standard InChI is InChI=1S/C15H9F4N3O/c16-10-4-2-1-3-9(10)13(23)20-8-5-6-11-12(7-8)22-14(21-11)15(17,18)19/h1-7H,(H,20,23)(H,21,22). The maximum Gasteiger partial charge on any atom is 0.449 e. The Morgan fingerprint density at radius 1 is 1.13 bits per heavy atom. The van der Waals surface area contributed by atoms with Crippen LogP contribution >= 0.6 is 0 Å². The average molecular weight is 323 g/mol. The molecule has 2 aromatic carbocycles. The van der Waals surface area contributed by atoms with Gasteiger partial charge in [0.05, 0.1) is 16.6 Å². The minimum atomic E-state index is -4.59. The number of alkyl halides is 3. The first-order valence-electron chi connectivity index (χ1n) is 6.47. The van der Waals surface area contributed by atoms with Crippen LogP contribution in [0.4, 0.5) is 23.2 Å². The number of imidazole rings is 1. The van der Waals surface area contributed by atoms with Gasteiger partial charge in [-0.1, -0.05) is 12.1 Å². The number of nitrogens with zero attached hydrogens (tertiary/aromatic N) is 1. The van der Waals surface area contributed by atoms with Crippen molar-refractivity contribution >= 4 is 22.6 Å². The normalized spacial score (nSPS) is 11.7. The van der Waals surface area contributed by atoms with Crippen LogP contribution in [0.3, 0.4) is 0 Å². The van der Waals surface area contributed by atoms with Gasteiger partial charge in [-0.25, -0.2) is 9.37 Å². The van der Waals surface area contributed by atoms with Crippen molar-refractivity contribution in [3.05, 3.63) is 59.7 Å². The number of carbonyl (C=O) groups excluding carboxylic acids is 1. The smallest absolute Gasteiger partial charge is 0.334 e. The Labute approximate surface area is 127 Å². The number of hydrogen-bond donors (Lipinski definition) is 2. The molecule has 0 atom stereocenters. The summed E-state index contributed by atoms with van der Waals surface area (Å²) in [5.74, 6) is -2.50. The molecule has 8 heteroatoms. The summed E-state index contributed by atoms with van der Waals surface area (Å²) < 4.78 is 51.3. The highest BCUT2D eigenvalue weighted by Crippen LogP contribution is 2.29. The summed E-state index contributed by atoms with van der Waals surface area (Å²) in [5.41, 5.74) is 0.293. The Morgan fingerprint density at radius 2 is 1.87 bits per heavy atom. The largest absolute Gasteiger partial charge is 0.449 e. The molecule has 0 aliphatic heterocycles. The molecule has 118 valence electrons. The van der Waals surface area contributed by atoms with Crippen LogP contribution in [0, 0.1) is 5.82 Å². The first-order chi connectivity index (χ1) is 10.8. The molecule has 0 radical (unpaired) electrons. The summed E-state index contributed by atoms with van der Waals surface area (Å²) in [5, 5.41) is 2.43. The fraction of sp³-hybridized carbons (Fsp3) is 0.0667. The summed E-state index contributed by atoms with van der Waals surface area (Å²) in [4.78, 5) is 17.5. The van der Waals surface area contributed by atoms with Crippen LogP contribution in [0.2, 0.25) is 0 Å². The van der Waals surface area contributed by atoms with Gasteiger partial charge in [-0.15, -0.1) is 0 Å². The van der Waals surface area contributed by atoms with Gasteiger partial charge in [0.15, 0.2) is 0 Å². The molecule has 2 N–H and O–H groups in total. The van der Waals surface area contributed by atoms with Gasteiger partial charge in [-0.3, -0.25) is 4.79 Å². The molecule has 0 saturated heterocycles. The van der Waals surface area contributed by atoms with E-state index in [4.69, 9.17) is 0 Å². The van der Waals surface area contributed by atoms with Crippen molar-refractivity contribution < 1.29 is 22.4 Å². The molecule has 0 spiro atoms. The molecule has 0 saturated carbocycles. The van der Waals surface area contributed by atoms with Crippen LogP contribution in [-0.2, 0) is 6.18 Å². The van der Waals surface area contributed by atoms with Crippen molar-refractivity contribution in [2.75, 3.05) is 5.32 Å². The van der Waals surface area contributed by atoms with Crippen LogP contribution in [0.15, 0.2) is 42.5 Å². The number of H-pyrrole nitrogens is 1. The third kappa shape index (κ3) is 3.01. The summed E-state index contributed by atoms with van der Waals surface area (Å²) >= 11 is 0. The third-order valence-electron chi connectivity index (χ3n) is 3.13. The fourth-order valence-electron chi connectivity index (χ4n) is 2.07. The van der Waals surface area contributed by atoms with Crippen molar-refractivity contribution in [2.24, 2.45) is 0 Å². The van der Waals surface area contributed by atoms with E-state index >= 15 is 0 Å². The Balaban J connectivity index is 1.89. The monoisotopic (exact) mass is 323 g/mol. The lowest BCUT2D eigenvalue weighted by molar-refractivity contribution is -0.144. The van der Waals surface area contributed by atoms with E-state index in [1.54, 1.807) is 0 Å². The van der Waals surface area contributed by atoms with Crippen LogP contribution in [0.25, 0.3) is 11.0 Å². The van der Waals surface area contributed by atoms with Crippen molar-refractivity contribution in [3.63, 3.8) is 0 Å². The molecule has 1 amide bonds. The second-order valence-corrected chi connectivity index (χ2v) is 4.75. The second-order valence-electron chi connectivity index (χ2n) is 4.75. The number of carbonyl (C=O) groups is 1. The van der Waals surface area contributed by atoms with Crippen molar-refractivity contribution in [1.29, 1.82) is 0 Å². The zero-order valence-corrected chi connectivity index (χ0v) is 11.4. The average Bonchev–Trinajstić information content (AvgIpc) is 2.91. The molecule has 0 unspecified atom stereocenters. The maximum absolute atomic E-state index is 13.5. The number of halogens is 4. The molecule has 0 fully saturated rings. The molecule has 1 heterocycles. The lowest BCUT2D eigenvalue weighted by atomic mass is 10.2. The first kappa shape index (κ1) is 15.0. The molecular formula is C15H9F4N3O. The Kier molecular flexibility index (Phi) is 3.51. The van der Waals surface area contributed by atoms with Gasteiger partial charge in [-0.05, 0) is 30.3 Å². The van der Waals surface area contributed by atoms with Crippen LogP contribution in [0.5, 0.6) is 0 Å². The maximum atomic E-state index is 13.5. The van der Waals surface area contributed by atoms with E-state index in [0.29, 0.717) is 0 Å². The van der Waals surface area contributed by atoms with E-state index in [1.165, 1.54) is 36.4 Å². The predicted molar refractivity (Wildman–Crippen MR) is 75.4 cm³/mol. The molecule has 4 nitrogen and oxygen atoms in total. The van der Waals surface area contributed by atoms with Crippen molar-refractivity contribution in [1.82, 2.24) is 9.97 Å². The van der Waals surface area contributed by atoms with Gasteiger partial charge in [0.1, 0.15) is 5.82 Å². The zero-order chi connectivity index (χ0) is 16.6. The number of amides is 1. The highest BCUT2D eigenvalue weighted by atomic mass is 19.4. The van der Waals surface area contributed by atoms with Gasteiger partial charge >= 0.3 is 6.18 Å². The Bertz CT molecular complexity index is 886. The van der Waals surface area contributed by atoms with E-state index < -0.39 is 23.7 Å². The van der Waals surface area contributed by atoms with Crippen molar-refractivity contribution in [3.8, 4) is 0 Å². The number of rotatable bonds is 2. The fourth-order valence-corrected chi connectivity index (χ4v) is 2.07. The topological polar surface area (TPSA) is 57.8 Å². The van der Waals surface area contributed by atoms with Crippen LogP contribution < -0.4 is 5.32 Å². The summed E-state index contributed by atoms with van der Waals surface area (Å²) in [6.45, 7) is 0. The summed E-state index contributed by atoms with van der Waals surface area (Å²) in [6, 6.07) is 9.42. The SMILES string of the molecule is O=C(Nc1ccc2nc(C(F)(F)F)[nH]c2c1)c1ccccc1F. The number of hydrogen-bond acceptors (Lipinski definition) is 2. The van der Waals surface area contributed by atoms with E-state index in [2.05, 4.69) is 15.3 Å². The summed E-state index contributed by atoms with van der Waals surface area (Å²) in [6.07, 6.45) is -4.59. The summed E-state index contributed by atoms with van der Waals surface area (Å²) in [7, 11) is 0. The molecule has 0 aliphatic rings. The number of aromatic amines is 1. The third-order valence-corrected chi connectivity index (χ3v) is 3.13. The number of benzene rings is 2. The minimum absolute atomic E-state index is 0.112. The molecule has 0 bridgehead atoms. The number of aromatic nitrogens is 2. The molecular weight excluding hydrogens is 314 g/mol. The highest BCUT2D eigenvalue weighted by molar-refractivity contribution is 6.05. The van der Waals surface area contributed by atoms with E-state index in [0.717, 1.165) is 6.07 Å². The molecule has 23 heavy (non-hydrogen) atoms. The van der Waals surface area contributed by atoms with E-state index in [1.807, 2.05) is 0 Å². The lowest BCUT2D eigenvalue weighted by Gasteiger charge is -2.05. The molecule has 3 rings (SSSR count). The number of anilines is 1. The zero-order valence-electron chi connectivity index (χ0n) is 11.4. The molecule has 0 aliphatic carbocycles. The Hall–Kier alpha value is -2.90. The number of nitrogens with one attached hydrogen (secondary N) is 2. The predicted octanol–water partition coefficient (Wildman–Crippen LogP) is 3.97. The van der Waals surface area contributed by atoms with Gasteiger partial charge < -0.3 is 10.3 Å². The quantitative estimate of drug-likeness (QED) is 0.701. The lowest BCUT2D eigenvalue weighted by Crippen LogP contribution is -2.13. The van der Waals surface area contributed by atoms with E-state index in [9.17, 15) is 22.4 Å². The van der Waals surface area contributed by atoms with Gasteiger partial charge in [0.2, 0.25) is 5.82 Å². The molecule has 1 aromatic heterocycles. The van der Waals surface area contributed by atoms with Crippen LogP contribution in [0.1, 0.15) is 16.2 Å². The first-order valence-corrected chi connectivity index (χ1v) is 6.47. The minimum Gasteiger partial charge on any atom is -0.334 e. The van der Waals surface area contributed by atoms with Crippen molar-refractivity contribution in [2.45, 2.75) is 6.18 Å². The van der Waals surface area contributed by atoms with Crippen LogP contribution in [-0.4, -0.2) is 15.9 Å². The Morgan fingerprint density at radius 3 is 2.57 bits per heavy atom.